The summed E-state index contributed by atoms with van der Waals surface area (Å²) in [6.07, 6.45) is 4.09. The number of morpholine rings is 1. The first-order valence-corrected chi connectivity index (χ1v) is 11.0. The van der Waals surface area contributed by atoms with Gasteiger partial charge in [-0.25, -0.2) is 9.97 Å². The van der Waals surface area contributed by atoms with Gasteiger partial charge in [0.25, 0.3) is 0 Å². The molecule has 2 aromatic carbocycles. The highest BCUT2D eigenvalue weighted by atomic mass is 35.5. The number of benzene rings is 2. The molecule has 0 amide bonds. The van der Waals surface area contributed by atoms with E-state index in [2.05, 4.69) is 59.8 Å². The topological polar surface area (TPSA) is 43.2 Å². The smallest absolute Gasteiger partial charge is 0.150 e. The summed E-state index contributed by atoms with van der Waals surface area (Å²) in [7, 11) is 0. The second kappa shape index (κ2) is 7.98. The number of fused-ring (bicyclic) bond motifs is 1. The van der Waals surface area contributed by atoms with Crippen LogP contribution in [-0.2, 0) is 4.74 Å². The first-order chi connectivity index (χ1) is 15.0. The maximum absolute atomic E-state index is 6.46. The van der Waals surface area contributed by atoms with Crippen molar-refractivity contribution < 1.29 is 4.74 Å². The van der Waals surface area contributed by atoms with Gasteiger partial charge in [-0.15, -0.1) is 0 Å². The van der Waals surface area contributed by atoms with Gasteiger partial charge in [0.1, 0.15) is 12.1 Å². The molecule has 0 radical (unpaired) electrons. The highest BCUT2D eigenvalue weighted by Gasteiger charge is 2.27. The van der Waals surface area contributed by atoms with E-state index in [0.717, 1.165) is 57.3 Å². The lowest BCUT2D eigenvalue weighted by molar-refractivity contribution is -0.00537. The van der Waals surface area contributed by atoms with Gasteiger partial charge in [0.2, 0.25) is 0 Å². The van der Waals surface area contributed by atoms with Gasteiger partial charge in [0.15, 0.2) is 5.65 Å². The van der Waals surface area contributed by atoms with Crippen molar-refractivity contribution in [3.05, 3.63) is 71.6 Å². The molecule has 0 unspecified atom stereocenters. The Kier molecular flexibility index (Phi) is 5.16. The Bertz CT molecular complexity index is 1230. The van der Waals surface area contributed by atoms with Crippen LogP contribution in [0.5, 0.6) is 0 Å². The molecule has 1 fully saturated rings. The molecular weight excluding hydrogens is 408 g/mol. The van der Waals surface area contributed by atoms with Crippen LogP contribution in [-0.4, -0.2) is 39.8 Å². The summed E-state index contributed by atoms with van der Waals surface area (Å²) in [6, 6.07) is 16.5. The SMILES string of the molecule is Cc1ccc(-n2cc(-c3ccccc3)c3c(N4C[C@@H](C)O[C@H](C)C4)ncnc32)cc1Cl. The number of halogens is 1. The second-order valence-electron chi connectivity index (χ2n) is 8.27. The molecule has 4 aromatic rings. The van der Waals surface area contributed by atoms with Crippen LogP contribution < -0.4 is 4.90 Å². The summed E-state index contributed by atoms with van der Waals surface area (Å²) < 4.78 is 8.07. The van der Waals surface area contributed by atoms with Gasteiger partial charge in [0.05, 0.1) is 17.6 Å². The molecule has 0 N–H and O–H groups in total. The van der Waals surface area contributed by atoms with Crippen molar-refractivity contribution >= 4 is 28.5 Å². The van der Waals surface area contributed by atoms with Crippen molar-refractivity contribution in [2.45, 2.75) is 33.0 Å². The van der Waals surface area contributed by atoms with E-state index in [1.165, 1.54) is 0 Å². The highest BCUT2D eigenvalue weighted by molar-refractivity contribution is 6.31. The first kappa shape index (κ1) is 20.0. The third kappa shape index (κ3) is 3.68. The number of ether oxygens (including phenoxy) is 1. The summed E-state index contributed by atoms with van der Waals surface area (Å²) in [5, 5.41) is 1.79. The van der Waals surface area contributed by atoms with E-state index < -0.39 is 0 Å². The fourth-order valence-electron chi connectivity index (χ4n) is 4.40. The third-order valence-corrected chi connectivity index (χ3v) is 6.21. The van der Waals surface area contributed by atoms with Crippen molar-refractivity contribution in [2.24, 2.45) is 0 Å². The maximum Gasteiger partial charge on any atom is 0.150 e. The van der Waals surface area contributed by atoms with Gasteiger partial charge < -0.3 is 14.2 Å². The van der Waals surface area contributed by atoms with Gasteiger partial charge in [-0.2, -0.15) is 0 Å². The van der Waals surface area contributed by atoms with Crippen molar-refractivity contribution in [3.8, 4) is 16.8 Å². The minimum Gasteiger partial charge on any atom is -0.372 e. The molecule has 0 saturated carbocycles. The predicted octanol–water partition coefficient (Wildman–Crippen LogP) is 5.66. The molecular formula is C25H25ClN4O. The first-order valence-electron chi connectivity index (χ1n) is 10.6. The van der Waals surface area contributed by atoms with Gasteiger partial charge in [-0.3, -0.25) is 0 Å². The van der Waals surface area contributed by atoms with Crippen LogP contribution >= 0.6 is 11.6 Å². The van der Waals surface area contributed by atoms with Gasteiger partial charge in [-0.1, -0.05) is 48.0 Å². The monoisotopic (exact) mass is 432 g/mol. The normalized spacial score (nSPS) is 19.2. The number of aromatic nitrogens is 3. The Morgan fingerprint density at radius 3 is 2.45 bits per heavy atom. The van der Waals surface area contributed by atoms with Crippen molar-refractivity contribution in [1.29, 1.82) is 0 Å². The molecule has 0 aliphatic carbocycles. The predicted molar refractivity (Wildman–Crippen MR) is 126 cm³/mol. The van der Waals surface area contributed by atoms with E-state index in [1.807, 2.05) is 25.1 Å². The van der Waals surface area contributed by atoms with E-state index in [4.69, 9.17) is 26.3 Å². The Morgan fingerprint density at radius 2 is 1.74 bits per heavy atom. The zero-order chi connectivity index (χ0) is 21.5. The number of hydrogen-bond donors (Lipinski definition) is 0. The highest BCUT2D eigenvalue weighted by Crippen LogP contribution is 2.37. The van der Waals surface area contributed by atoms with Gasteiger partial charge in [0, 0.05) is 35.6 Å². The summed E-state index contributed by atoms with van der Waals surface area (Å²) in [6.45, 7) is 7.83. The second-order valence-corrected chi connectivity index (χ2v) is 8.68. The lowest BCUT2D eigenvalue weighted by Gasteiger charge is -2.36. The largest absolute Gasteiger partial charge is 0.372 e. The van der Waals surface area contributed by atoms with E-state index >= 15 is 0 Å². The van der Waals surface area contributed by atoms with Crippen LogP contribution in [0.25, 0.3) is 27.8 Å². The summed E-state index contributed by atoms with van der Waals surface area (Å²) >= 11 is 6.46. The van der Waals surface area contributed by atoms with Crippen LogP contribution in [0.2, 0.25) is 5.02 Å². The van der Waals surface area contributed by atoms with E-state index in [9.17, 15) is 0 Å². The molecule has 2 atom stereocenters. The van der Waals surface area contributed by atoms with Crippen LogP contribution in [0.3, 0.4) is 0 Å². The number of aryl methyl sites for hydroxylation is 1. The summed E-state index contributed by atoms with van der Waals surface area (Å²) in [4.78, 5) is 11.8. The summed E-state index contributed by atoms with van der Waals surface area (Å²) in [5.74, 6) is 0.947. The fourth-order valence-corrected chi connectivity index (χ4v) is 4.58. The average Bonchev–Trinajstić information content (AvgIpc) is 3.15. The van der Waals surface area contributed by atoms with E-state index in [-0.39, 0.29) is 12.2 Å². The van der Waals surface area contributed by atoms with Gasteiger partial charge in [-0.05, 0) is 44.0 Å². The van der Waals surface area contributed by atoms with E-state index in [1.54, 1.807) is 6.33 Å². The fraction of sp³-hybridized carbons (Fsp3) is 0.280. The molecule has 0 spiro atoms. The Balaban J connectivity index is 1.76. The molecule has 1 aliphatic heterocycles. The molecule has 2 aromatic heterocycles. The molecule has 3 heterocycles. The number of anilines is 1. The Hall–Kier alpha value is -2.89. The lowest BCUT2D eigenvalue weighted by atomic mass is 10.1. The van der Waals surface area contributed by atoms with Gasteiger partial charge >= 0.3 is 0 Å². The third-order valence-electron chi connectivity index (χ3n) is 5.80. The van der Waals surface area contributed by atoms with Crippen LogP contribution in [0, 0.1) is 6.92 Å². The molecule has 5 nitrogen and oxygen atoms in total. The standard InChI is InChI=1S/C25H25ClN4O/c1-16-9-10-20(11-22(16)26)30-14-21(19-7-5-4-6-8-19)23-24(27-15-28-25(23)30)29-12-17(2)31-18(3)13-29/h4-11,14-15,17-18H,12-13H2,1-3H3/t17-,18-/m1/s1. The quantitative estimate of drug-likeness (QED) is 0.418. The average molecular weight is 433 g/mol. The van der Waals surface area contributed by atoms with Crippen LogP contribution in [0.1, 0.15) is 19.4 Å². The molecule has 158 valence electrons. The van der Waals surface area contributed by atoms with Crippen molar-refractivity contribution in [2.75, 3.05) is 18.0 Å². The molecule has 31 heavy (non-hydrogen) atoms. The lowest BCUT2D eigenvalue weighted by Crippen LogP contribution is -2.46. The number of rotatable bonds is 3. The number of nitrogens with zero attached hydrogens (tertiary/aromatic N) is 4. The van der Waals surface area contributed by atoms with E-state index in [0.29, 0.717) is 0 Å². The van der Waals surface area contributed by atoms with Crippen LogP contribution in [0.15, 0.2) is 61.1 Å². The van der Waals surface area contributed by atoms with Crippen molar-refractivity contribution in [3.63, 3.8) is 0 Å². The summed E-state index contributed by atoms with van der Waals surface area (Å²) in [5.41, 5.74) is 5.15. The zero-order valence-electron chi connectivity index (χ0n) is 17.9. The Morgan fingerprint density at radius 1 is 1.00 bits per heavy atom. The molecule has 6 heteroatoms. The maximum atomic E-state index is 6.46. The Labute approximate surface area is 187 Å². The molecule has 1 saturated heterocycles. The number of hydrogen-bond acceptors (Lipinski definition) is 4. The zero-order valence-corrected chi connectivity index (χ0v) is 18.7. The molecule has 1 aliphatic rings. The molecule has 5 rings (SSSR count). The van der Waals surface area contributed by atoms with Crippen LogP contribution in [0.4, 0.5) is 5.82 Å². The van der Waals surface area contributed by atoms with Crippen molar-refractivity contribution in [1.82, 2.24) is 14.5 Å². The minimum atomic E-state index is 0.145. The molecule has 0 bridgehead atoms. The minimum absolute atomic E-state index is 0.145.